The second kappa shape index (κ2) is 9.43. The van der Waals surface area contributed by atoms with Gasteiger partial charge < -0.3 is 9.64 Å². The highest BCUT2D eigenvalue weighted by Crippen LogP contribution is 2.38. The van der Waals surface area contributed by atoms with E-state index in [0.717, 1.165) is 25.4 Å². The molecule has 2 nitrogen and oxygen atoms in total. The van der Waals surface area contributed by atoms with E-state index in [9.17, 15) is 0 Å². The summed E-state index contributed by atoms with van der Waals surface area (Å²) >= 11 is 0. The van der Waals surface area contributed by atoms with Crippen molar-refractivity contribution in [3.8, 4) is 0 Å². The van der Waals surface area contributed by atoms with Crippen LogP contribution in [-0.2, 0) is 10.2 Å². The highest BCUT2D eigenvalue weighted by Gasteiger charge is 2.33. The molecule has 0 saturated heterocycles. The number of hydrogen-bond donors (Lipinski definition) is 0. The molecule has 0 fully saturated rings. The lowest BCUT2D eigenvalue weighted by Crippen LogP contribution is -2.31. The van der Waals surface area contributed by atoms with Crippen LogP contribution in [0, 0.1) is 0 Å². The zero-order valence-electron chi connectivity index (χ0n) is 15.9. The molecule has 0 aromatic heterocycles. The maximum Gasteiger partial charge on any atom is 0.104 e. The zero-order chi connectivity index (χ0) is 18.1. The molecule has 0 atom stereocenters. The molecule has 0 aliphatic carbocycles. The number of allylic oxidation sites excluding steroid dienone is 1. The summed E-state index contributed by atoms with van der Waals surface area (Å²) in [5.41, 5.74) is 2.05. The predicted molar refractivity (Wildman–Crippen MR) is 107 cm³/mol. The smallest absolute Gasteiger partial charge is 0.104 e. The van der Waals surface area contributed by atoms with E-state index < -0.39 is 0 Å². The number of benzene rings is 2. The van der Waals surface area contributed by atoms with E-state index in [1.54, 1.807) is 0 Å². The fourth-order valence-corrected chi connectivity index (χ4v) is 3.22. The fraction of sp³-hybridized carbons (Fsp3) is 0.391. The Morgan fingerprint density at radius 2 is 1.44 bits per heavy atom. The second-order valence-electron chi connectivity index (χ2n) is 6.56. The van der Waals surface area contributed by atoms with Gasteiger partial charge in [0.15, 0.2) is 0 Å². The Morgan fingerprint density at radius 3 is 1.88 bits per heavy atom. The summed E-state index contributed by atoms with van der Waals surface area (Å²) in [7, 11) is 0. The van der Waals surface area contributed by atoms with Crippen LogP contribution in [-0.4, -0.2) is 31.1 Å². The summed E-state index contributed by atoms with van der Waals surface area (Å²) in [6.45, 7) is 14.7. The molecule has 0 aliphatic heterocycles. The molecule has 0 saturated carbocycles. The van der Waals surface area contributed by atoms with Crippen LogP contribution >= 0.6 is 0 Å². The van der Waals surface area contributed by atoms with Crippen LogP contribution in [0.1, 0.15) is 38.3 Å². The first-order valence-corrected chi connectivity index (χ1v) is 9.28. The third-order valence-electron chi connectivity index (χ3n) is 4.93. The summed E-state index contributed by atoms with van der Waals surface area (Å²) in [4.78, 5) is 2.41. The summed E-state index contributed by atoms with van der Waals surface area (Å²) in [5, 5.41) is 0. The summed E-state index contributed by atoms with van der Waals surface area (Å²) in [6, 6.07) is 21.0. The lowest BCUT2D eigenvalue weighted by atomic mass is 9.75. The Morgan fingerprint density at radius 1 is 0.920 bits per heavy atom. The van der Waals surface area contributed by atoms with Crippen LogP contribution < -0.4 is 0 Å². The molecule has 25 heavy (non-hydrogen) atoms. The first-order chi connectivity index (χ1) is 12.1. The molecule has 0 N–H and O–H groups in total. The van der Waals surface area contributed by atoms with Crippen LogP contribution in [0.3, 0.4) is 0 Å². The van der Waals surface area contributed by atoms with Gasteiger partial charge >= 0.3 is 0 Å². The second-order valence-corrected chi connectivity index (χ2v) is 6.56. The molecular weight excluding hydrogens is 306 g/mol. The average molecular weight is 338 g/mol. The summed E-state index contributed by atoms with van der Waals surface area (Å²) < 4.78 is 6.16. The Bertz CT molecular complexity index is 596. The van der Waals surface area contributed by atoms with Gasteiger partial charge in [0.1, 0.15) is 12.4 Å². The van der Waals surface area contributed by atoms with E-state index in [0.29, 0.717) is 6.61 Å². The molecule has 2 aromatic rings. The summed E-state index contributed by atoms with van der Waals surface area (Å²) in [5.74, 6) is 0.803. The SMILES string of the molecule is C=C(OCCN(CC)CCC)C(C)(c1ccccc1)c1ccccc1. The van der Waals surface area contributed by atoms with Crippen molar-refractivity contribution in [2.45, 2.75) is 32.6 Å². The molecule has 0 spiro atoms. The van der Waals surface area contributed by atoms with Crippen molar-refractivity contribution in [1.29, 1.82) is 0 Å². The Labute approximate surface area is 153 Å². The number of ether oxygens (including phenoxy) is 1. The molecule has 0 amide bonds. The lowest BCUT2D eigenvalue weighted by molar-refractivity contribution is 0.141. The molecule has 0 heterocycles. The van der Waals surface area contributed by atoms with E-state index >= 15 is 0 Å². The molecule has 0 unspecified atom stereocenters. The van der Waals surface area contributed by atoms with Gasteiger partial charge in [0.05, 0.1) is 5.41 Å². The van der Waals surface area contributed by atoms with E-state index in [2.05, 4.69) is 80.8 Å². The first-order valence-electron chi connectivity index (χ1n) is 9.28. The van der Waals surface area contributed by atoms with Crippen molar-refractivity contribution in [2.75, 3.05) is 26.2 Å². The standard InChI is InChI=1S/C23H31NO/c1-5-17-24(6-2)18-19-25-20(3)23(4,21-13-9-7-10-14-21)22-15-11-8-12-16-22/h7-16H,3,5-6,17-19H2,1-2,4H3. The molecule has 2 heteroatoms. The van der Waals surface area contributed by atoms with Crippen molar-refractivity contribution in [1.82, 2.24) is 4.90 Å². The third kappa shape index (κ3) is 4.73. The molecule has 2 rings (SSSR count). The van der Waals surface area contributed by atoms with Gasteiger partial charge in [0, 0.05) is 6.54 Å². The number of rotatable bonds is 10. The number of nitrogens with zero attached hydrogens (tertiary/aromatic N) is 1. The van der Waals surface area contributed by atoms with E-state index in [-0.39, 0.29) is 5.41 Å². The van der Waals surface area contributed by atoms with Gasteiger partial charge in [0.25, 0.3) is 0 Å². The third-order valence-corrected chi connectivity index (χ3v) is 4.93. The maximum atomic E-state index is 6.16. The molecule has 134 valence electrons. The van der Waals surface area contributed by atoms with Gasteiger partial charge in [-0.3, -0.25) is 0 Å². The van der Waals surface area contributed by atoms with Crippen molar-refractivity contribution in [3.05, 3.63) is 84.1 Å². The molecule has 0 aliphatic rings. The quantitative estimate of drug-likeness (QED) is 0.549. The lowest BCUT2D eigenvalue weighted by Gasteiger charge is -2.33. The minimum atomic E-state index is -0.357. The van der Waals surface area contributed by atoms with Gasteiger partial charge in [-0.05, 0) is 37.6 Å². The largest absolute Gasteiger partial charge is 0.496 e. The van der Waals surface area contributed by atoms with Gasteiger partial charge in [-0.1, -0.05) is 81.1 Å². The van der Waals surface area contributed by atoms with Gasteiger partial charge in [-0.2, -0.15) is 0 Å². The van der Waals surface area contributed by atoms with E-state index in [4.69, 9.17) is 4.74 Å². The first kappa shape index (κ1) is 19.3. The average Bonchev–Trinajstić information content (AvgIpc) is 2.67. The Balaban J connectivity index is 2.18. The maximum absolute atomic E-state index is 6.16. The van der Waals surface area contributed by atoms with Crippen molar-refractivity contribution in [3.63, 3.8) is 0 Å². The van der Waals surface area contributed by atoms with Gasteiger partial charge in [-0.25, -0.2) is 0 Å². The predicted octanol–water partition coefficient (Wildman–Crippen LogP) is 5.25. The van der Waals surface area contributed by atoms with Crippen molar-refractivity contribution >= 4 is 0 Å². The van der Waals surface area contributed by atoms with Crippen molar-refractivity contribution in [2.24, 2.45) is 0 Å². The minimum absolute atomic E-state index is 0.357. The fourth-order valence-electron chi connectivity index (χ4n) is 3.22. The van der Waals surface area contributed by atoms with Crippen LogP contribution in [0.5, 0.6) is 0 Å². The van der Waals surface area contributed by atoms with Crippen molar-refractivity contribution < 1.29 is 4.74 Å². The Kier molecular flexibility index (Phi) is 7.27. The molecule has 0 radical (unpaired) electrons. The van der Waals surface area contributed by atoms with E-state index in [1.807, 2.05) is 12.1 Å². The molecular formula is C23H31NO. The van der Waals surface area contributed by atoms with Crippen LogP contribution in [0.2, 0.25) is 0 Å². The highest BCUT2D eigenvalue weighted by molar-refractivity contribution is 5.45. The van der Waals surface area contributed by atoms with E-state index in [1.165, 1.54) is 17.5 Å². The van der Waals surface area contributed by atoms with Crippen LogP contribution in [0.15, 0.2) is 73.0 Å². The minimum Gasteiger partial charge on any atom is -0.496 e. The summed E-state index contributed by atoms with van der Waals surface area (Å²) in [6.07, 6.45) is 1.17. The zero-order valence-corrected chi connectivity index (χ0v) is 15.9. The molecule has 0 bridgehead atoms. The van der Waals surface area contributed by atoms with Gasteiger partial charge in [0.2, 0.25) is 0 Å². The monoisotopic (exact) mass is 337 g/mol. The molecule has 2 aromatic carbocycles. The number of likely N-dealkylation sites (N-methyl/N-ethyl adjacent to an activating group) is 1. The topological polar surface area (TPSA) is 12.5 Å². The Hall–Kier alpha value is -2.06. The normalized spacial score (nSPS) is 11.5. The number of hydrogen-bond acceptors (Lipinski definition) is 2. The van der Waals surface area contributed by atoms with Crippen LogP contribution in [0.4, 0.5) is 0 Å². The van der Waals surface area contributed by atoms with Crippen LogP contribution in [0.25, 0.3) is 0 Å². The van der Waals surface area contributed by atoms with Gasteiger partial charge in [-0.15, -0.1) is 0 Å². The highest BCUT2D eigenvalue weighted by atomic mass is 16.5.